The fraction of sp³-hybridized carbons (Fsp3) is 0.700. The molecule has 0 radical (unpaired) electrons. The summed E-state index contributed by atoms with van der Waals surface area (Å²) >= 11 is 1.37. The van der Waals surface area contributed by atoms with E-state index >= 15 is 0 Å². The summed E-state index contributed by atoms with van der Waals surface area (Å²) in [6.07, 6.45) is 3.29. The van der Waals surface area contributed by atoms with Crippen LogP contribution in [0.5, 0.6) is 0 Å². The first-order chi connectivity index (χ1) is 7.80. The van der Waals surface area contributed by atoms with Crippen molar-refractivity contribution in [1.82, 2.24) is 15.5 Å². The van der Waals surface area contributed by atoms with Crippen LogP contribution in [-0.4, -0.2) is 29.2 Å². The molecule has 1 amide bonds. The van der Waals surface area contributed by atoms with Gasteiger partial charge in [-0.25, -0.2) is 0 Å². The molecule has 1 spiro atoms. The van der Waals surface area contributed by atoms with Gasteiger partial charge in [-0.15, -0.1) is 10.2 Å². The predicted molar refractivity (Wildman–Crippen MR) is 61.2 cm³/mol. The monoisotopic (exact) mass is 238 g/mol. The third-order valence-corrected chi connectivity index (χ3v) is 4.30. The van der Waals surface area contributed by atoms with Crippen molar-refractivity contribution in [2.75, 3.05) is 18.4 Å². The van der Waals surface area contributed by atoms with Crippen LogP contribution in [0.2, 0.25) is 0 Å². The van der Waals surface area contributed by atoms with E-state index in [9.17, 15) is 4.79 Å². The average molecular weight is 238 g/mol. The van der Waals surface area contributed by atoms with Gasteiger partial charge in [-0.2, -0.15) is 0 Å². The highest BCUT2D eigenvalue weighted by atomic mass is 32.1. The molecule has 16 heavy (non-hydrogen) atoms. The molecule has 1 unspecified atom stereocenters. The van der Waals surface area contributed by atoms with E-state index in [1.165, 1.54) is 11.3 Å². The van der Waals surface area contributed by atoms with E-state index in [2.05, 4.69) is 20.8 Å². The summed E-state index contributed by atoms with van der Waals surface area (Å²) in [5.74, 6) is 0.317. The van der Waals surface area contributed by atoms with Crippen LogP contribution in [0.25, 0.3) is 0 Å². The highest BCUT2D eigenvalue weighted by Gasteiger charge is 2.57. The molecule has 1 aromatic rings. The van der Waals surface area contributed by atoms with Crippen molar-refractivity contribution >= 4 is 22.4 Å². The third-order valence-electron chi connectivity index (χ3n) is 3.70. The van der Waals surface area contributed by atoms with Gasteiger partial charge in [-0.05, 0) is 37.8 Å². The fourth-order valence-corrected chi connectivity index (χ4v) is 3.06. The molecule has 1 saturated heterocycles. The minimum Gasteiger partial charge on any atom is -0.317 e. The molecule has 1 aliphatic carbocycles. The summed E-state index contributed by atoms with van der Waals surface area (Å²) < 4.78 is 0. The summed E-state index contributed by atoms with van der Waals surface area (Å²) in [6.45, 7) is 2.09. The maximum atomic E-state index is 12.0. The normalized spacial score (nSPS) is 26.6. The molecule has 2 fully saturated rings. The van der Waals surface area contributed by atoms with Gasteiger partial charge < -0.3 is 10.6 Å². The summed E-state index contributed by atoms with van der Waals surface area (Å²) in [5.41, 5.74) is 1.92. The Morgan fingerprint density at radius 1 is 1.56 bits per heavy atom. The lowest BCUT2D eigenvalue weighted by Gasteiger charge is -2.22. The summed E-state index contributed by atoms with van der Waals surface area (Å²) in [6, 6.07) is 0. The van der Waals surface area contributed by atoms with E-state index in [0.29, 0.717) is 10.5 Å². The first-order valence-electron chi connectivity index (χ1n) is 5.58. The number of carbonyl (C=O) groups is 1. The van der Waals surface area contributed by atoms with Crippen LogP contribution in [0.4, 0.5) is 5.13 Å². The highest BCUT2D eigenvalue weighted by Crippen LogP contribution is 2.58. The standard InChI is InChI=1S/C10H14N4OS/c15-8(13-9-14-12-6-16-9)7-5-10(7)1-3-11-4-2-10/h6-7,11H,1-5H2,(H,13,14,15). The zero-order valence-electron chi connectivity index (χ0n) is 8.90. The number of nitrogens with one attached hydrogen (secondary N) is 2. The number of piperidine rings is 1. The van der Waals surface area contributed by atoms with Crippen molar-refractivity contribution in [3.63, 3.8) is 0 Å². The predicted octanol–water partition coefficient (Wildman–Crippen LogP) is 0.866. The molecule has 6 heteroatoms. The lowest BCUT2D eigenvalue weighted by Crippen LogP contribution is -2.31. The van der Waals surface area contributed by atoms with Crippen molar-refractivity contribution in [2.45, 2.75) is 19.3 Å². The molecule has 0 aromatic carbocycles. The molecule has 3 rings (SSSR count). The van der Waals surface area contributed by atoms with E-state index < -0.39 is 0 Å². The second-order valence-corrected chi connectivity index (χ2v) is 5.44. The SMILES string of the molecule is O=C(Nc1nncs1)C1CC12CCNCC2. The Kier molecular flexibility index (Phi) is 2.40. The van der Waals surface area contributed by atoms with E-state index in [1.54, 1.807) is 5.51 Å². The van der Waals surface area contributed by atoms with Gasteiger partial charge in [0.05, 0.1) is 0 Å². The van der Waals surface area contributed by atoms with Crippen molar-refractivity contribution in [3.8, 4) is 0 Å². The molecule has 2 N–H and O–H groups in total. The molecule has 1 aromatic heterocycles. The van der Waals surface area contributed by atoms with Gasteiger partial charge in [0.25, 0.3) is 0 Å². The topological polar surface area (TPSA) is 66.9 Å². The largest absolute Gasteiger partial charge is 0.317 e. The minimum absolute atomic E-state index is 0.124. The molecular formula is C10H14N4OS. The maximum Gasteiger partial charge on any atom is 0.229 e. The number of amides is 1. The van der Waals surface area contributed by atoms with Crippen molar-refractivity contribution in [1.29, 1.82) is 0 Å². The number of nitrogens with zero attached hydrogens (tertiary/aromatic N) is 2. The summed E-state index contributed by atoms with van der Waals surface area (Å²) in [5, 5.41) is 14.3. The Balaban J connectivity index is 1.61. The van der Waals surface area contributed by atoms with Crippen LogP contribution >= 0.6 is 11.3 Å². The Morgan fingerprint density at radius 2 is 2.38 bits per heavy atom. The molecule has 2 aliphatic rings. The van der Waals surface area contributed by atoms with Gasteiger partial charge in [0.1, 0.15) is 5.51 Å². The fourth-order valence-electron chi connectivity index (χ4n) is 2.62. The molecule has 1 atom stereocenters. The molecule has 86 valence electrons. The quantitative estimate of drug-likeness (QED) is 0.802. The third kappa shape index (κ3) is 1.72. The second kappa shape index (κ2) is 3.78. The van der Waals surface area contributed by atoms with Crippen LogP contribution < -0.4 is 10.6 Å². The number of hydrogen-bond acceptors (Lipinski definition) is 5. The molecule has 5 nitrogen and oxygen atoms in total. The lowest BCUT2D eigenvalue weighted by atomic mass is 9.92. The first-order valence-corrected chi connectivity index (χ1v) is 6.46. The van der Waals surface area contributed by atoms with E-state index in [0.717, 1.165) is 32.4 Å². The molecular weight excluding hydrogens is 224 g/mol. The van der Waals surface area contributed by atoms with Gasteiger partial charge in [-0.3, -0.25) is 4.79 Å². The zero-order chi connectivity index (χ0) is 11.0. The molecule has 1 saturated carbocycles. The number of carbonyl (C=O) groups excluding carboxylic acids is 1. The van der Waals surface area contributed by atoms with Crippen molar-refractivity contribution in [3.05, 3.63) is 5.51 Å². The van der Waals surface area contributed by atoms with E-state index in [-0.39, 0.29) is 11.8 Å². The van der Waals surface area contributed by atoms with Gasteiger partial charge in [0.15, 0.2) is 0 Å². The maximum absolute atomic E-state index is 12.0. The van der Waals surface area contributed by atoms with E-state index in [4.69, 9.17) is 0 Å². The van der Waals surface area contributed by atoms with Crippen LogP contribution in [0.15, 0.2) is 5.51 Å². The van der Waals surface area contributed by atoms with Crippen molar-refractivity contribution in [2.24, 2.45) is 11.3 Å². The molecule has 0 bridgehead atoms. The average Bonchev–Trinajstić information content (AvgIpc) is 2.76. The van der Waals surface area contributed by atoms with Crippen LogP contribution in [0.3, 0.4) is 0 Å². The number of hydrogen-bond donors (Lipinski definition) is 2. The van der Waals surface area contributed by atoms with Gasteiger partial charge >= 0.3 is 0 Å². The number of anilines is 1. The first kappa shape index (κ1) is 10.2. The van der Waals surface area contributed by atoms with Crippen LogP contribution in [0, 0.1) is 11.3 Å². The van der Waals surface area contributed by atoms with Crippen molar-refractivity contribution < 1.29 is 4.79 Å². The van der Waals surface area contributed by atoms with E-state index in [1.807, 2.05) is 0 Å². The number of rotatable bonds is 2. The number of aromatic nitrogens is 2. The lowest BCUT2D eigenvalue weighted by molar-refractivity contribution is -0.118. The Bertz CT molecular complexity index is 386. The zero-order valence-corrected chi connectivity index (χ0v) is 9.72. The Hall–Kier alpha value is -1.01. The second-order valence-electron chi connectivity index (χ2n) is 4.60. The highest BCUT2D eigenvalue weighted by molar-refractivity contribution is 7.13. The Labute approximate surface area is 97.6 Å². The van der Waals surface area contributed by atoms with Gasteiger partial charge in [0.2, 0.25) is 11.0 Å². The Morgan fingerprint density at radius 3 is 3.06 bits per heavy atom. The minimum atomic E-state index is 0.124. The summed E-state index contributed by atoms with van der Waals surface area (Å²) in [7, 11) is 0. The molecule has 1 aliphatic heterocycles. The summed E-state index contributed by atoms with van der Waals surface area (Å²) in [4.78, 5) is 12.0. The smallest absolute Gasteiger partial charge is 0.229 e. The van der Waals surface area contributed by atoms with Gasteiger partial charge in [0, 0.05) is 5.92 Å². The van der Waals surface area contributed by atoms with Crippen LogP contribution in [0.1, 0.15) is 19.3 Å². The van der Waals surface area contributed by atoms with Gasteiger partial charge in [-0.1, -0.05) is 11.3 Å². The van der Waals surface area contributed by atoms with Crippen LogP contribution in [-0.2, 0) is 4.79 Å². The molecule has 2 heterocycles.